The van der Waals surface area contributed by atoms with Crippen molar-refractivity contribution in [2.75, 3.05) is 18.2 Å². The Morgan fingerprint density at radius 3 is 2.62 bits per heavy atom. The van der Waals surface area contributed by atoms with Crippen LogP contribution >= 0.6 is 0 Å². The molecule has 0 saturated carbocycles. The molecule has 0 atom stereocenters. The second-order valence-electron chi connectivity index (χ2n) is 5.04. The molecule has 1 heterocycles. The highest BCUT2D eigenvalue weighted by molar-refractivity contribution is 7.90. The monoisotopic (exact) mass is 360 g/mol. The van der Waals surface area contributed by atoms with E-state index >= 15 is 0 Å². The largest absolute Gasteiger partial charge is 0.362 e. The van der Waals surface area contributed by atoms with E-state index in [1.807, 2.05) is 0 Å². The van der Waals surface area contributed by atoms with Gasteiger partial charge in [-0.15, -0.1) is 0 Å². The lowest BCUT2D eigenvalue weighted by atomic mass is 10.2. The summed E-state index contributed by atoms with van der Waals surface area (Å²) >= 11 is 0. The quantitative estimate of drug-likeness (QED) is 0.579. The van der Waals surface area contributed by atoms with Crippen LogP contribution in [0.25, 0.3) is 0 Å². The fourth-order valence-electron chi connectivity index (χ4n) is 2.24. The number of rotatable bonds is 6. The van der Waals surface area contributed by atoms with Gasteiger partial charge < -0.3 is 4.90 Å². The first kappa shape index (κ1) is 17.8. The van der Waals surface area contributed by atoms with Gasteiger partial charge in [-0.2, -0.15) is 8.78 Å². The van der Waals surface area contributed by atoms with E-state index in [0.717, 1.165) is 18.5 Å². The lowest BCUT2D eigenvalue weighted by Gasteiger charge is -2.20. The summed E-state index contributed by atoms with van der Waals surface area (Å²) < 4.78 is 49.9. The second-order valence-corrected chi connectivity index (χ2v) is 7.02. The molecule has 24 heavy (non-hydrogen) atoms. The minimum Gasteiger partial charge on any atom is -0.362 e. The first-order valence-electron chi connectivity index (χ1n) is 6.61. The second kappa shape index (κ2) is 6.51. The number of nitro benzene ring substituents is 1. The highest BCUT2D eigenvalue weighted by Crippen LogP contribution is 2.34. The van der Waals surface area contributed by atoms with Gasteiger partial charge in [0.25, 0.3) is 0 Å². The van der Waals surface area contributed by atoms with Crippen LogP contribution in [0.4, 0.5) is 20.2 Å². The molecular weight excluding hydrogens is 346 g/mol. The van der Waals surface area contributed by atoms with Crippen molar-refractivity contribution in [3.05, 3.63) is 46.5 Å². The van der Waals surface area contributed by atoms with Gasteiger partial charge in [0.05, 0.1) is 11.5 Å². The minimum atomic E-state index is -3.83. The minimum absolute atomic E-state index is 0.00765. The number of hydrogen-bond donors (Lipinski definition) is 0. The molecule has 2 rings (SSSR count). The Hall–Kier alpha value is -2.56. The van der Waals surface area contributed by atoms with Crippen LogP contribution in [-0.4, -0.2) is 36.2 Å². The Kier molecular flexibility index (Phi) is 4.83. The standard InChI is InChI=1S/C13H14F2N4O4S/c1-17(8-11-16-6-7-18(11)13(14)15)9-4-3-5-10(24(2,22)23)12(9)19(20)21/h3-7,13H,8H2,1-2H3. The van der Waals surface area contributed by atoms with Crippen LogP contribution in [0, 0.1) is 10.1 Å². The number of imidazole rings is 1. The molecular formula is C13H14F2N4O4S. The van der Waals surface area contributed by atoms with Crippen LogP contribution < -0.4 is 4.90 Å². The van der Waals surface area contributed by atoms with Crippen molar-refractivity contribution in [2.45, 2.75) is 18.0 Å². The first-order chi connectivity index (χ1) is 11.1. The van der Waals surface area contributed by atoms with E-state index in [1.54, 1.807) is 0 Å². The van der Waals surface area contributed by atoms with Crippen LogP contribution in [0.2, 0.25) is 0 Å². The van der Waals surface area contributed by atoms with E-state index in [2.05, 4.69) is 4.98 Å². The van der Waals surface area contributed by atoms with Crippen molar-refractivity contribution in [3.63, 3.8) is 0 Å². The third kappa shape index (κ3) is 3.50. The van der Waals surface area contributed by atoms with Gasteiger partial charge in [-0.05, 0) is 12.1 Å². The van der Waals surface area contributed by atoms with E-state index in [-0.39, 0.29) is 18.1 Å². The molecule has 1 aromatic carbocycles. The summed E-state index contributed by atoms with van der Waals surface area (Å²) in [5.74, 6) is -0.00782. The van der Waals surface area contributed by atoms with Gasteiger partial charge in [-0.3, -0.25) is 14.7 Å². The molecule has 0 radical (unpaired) electrons. The van der Waals surface area contributed by atoms with Crippen LogP contribution in [0.15, 0.2) is 35.5 Å². The molecule has 0 N–H and O–H groups in total. The number of aromatic nitrogens is 2. The Labute approximate surface area is 136 Å². The fourth-order valence-corrected chi connectivity index (χ4v) is 3.10. The average molecular weight is 360 g/mol. The molecule has 0 aliphatic rings. The zero-order chi connectivity index (χ0) is 18.1. The van der Waals surface area contributed by atoms with Crippen LogP contribution in [0.3, 0.4) is 0 Å². The third-order valence-corrected chi connectivity index (χ3v) is 4.44. The zero-order valence-corrected chi connectivity index (χ0v) is 13.6. The molecule has 0 aliphatic heterocycles. The number of benzene rings is 1. The summed E-state index contributed by atoms with van der Waals surface area (Å²) in [6, 6.07) is 3.84. The van der Waals surface area contributed by atoms with Crippen molar-refractivity contribution in [2.24, 2.45) is 0 Å². The molecule has 0 fully saturated rings. The maximum atomic E-state index is 12.9. The van der Waals surface area contributed by atoms with Gasteiger partial charge in [-0.25, -0.2) is 13.4 Å². The predicted octanol–water partition coefficient (Wildman–Crippen LogP) is 2.23. The lowest BCUT2D eigenvalue weighted by Crippen LogP contribution is -2.21. The Morgan fingerprint density at radius 2 is 2.08 bits per heavy atom. The Bertz CT molecular complexity index is 867. The van der Waals surface area contributed by atoms with Crippen molar-refractivity contribution in [3.8, 4) is 0 Å². The summed E-state index contributed by atoms with van der Waals surface area (Å²) in [6.45, 7) is -2.96. The van der Waals surface area contributed by atoms with Gasteiger partial charge in [0.2, 0.25) is 0 Å². The number of nitrogens with zero attached hydrogens (tertiary/aromatic N) is 4. The molecule has 0 aliphatic carbocycles. The molecule has 0 saturated heterocycles. The number of halogens is 2. The van der Waals surface area contributed by atoms with Gasteiger partial charge >= 0.3 is 12.2 Å². The van der Waals surface area contributed by atoms with Gasteiger partial charge in [0.1, 0.15) is 16.4 Å². The molecule has 2 aromatic rings. The third-order valence-electron chi connectivity index (χ3n) is 3.31. The molecule has 1 aromatic heterocycles. The number of anilines is 1. The Balaban J connectivity index is 2.48. The predicted molar refractivity (Wildman–Crippen MR) is 81.8 cm³/mol. The smallest absolute Gasteiger partial charge is 0.319 e. The molecule has 130 valence electrons. The van der Waals surface area contributed by atoms with Crippen molar-refractivity contribution >= 4 is 21.2 Å². The highest BCUT2D eigenvalue weighted by Gasteiger charge is 2.28. The molecule has 0 spiro atoms. The number of para-hydroxylation sites is 1. The average Bonchev–Trinajstić information content (AvgIpc) is 2.93. The van der Waals surface area contributed by atoms with Crippen molar-refractivity contribution in [1.29, 1.82) is 0 Å². The molecule has 0 amide bonds. The molecule has 0 bridgehead atoms. The summed E-state index contributed by atoms with van der Waals surface area (Å²) in [5, 5.41) is 11.3. The topological polar surface area (TPSA) is 98.3 Å². The van der Waals surface area contributed by atoms with E-state index in [1.165, 1.54) is 30.3 Å². The van der Waals surface area contributed by atoms with E-state index < -0.39 is 31.9 Å². The number of sulfone groups is 1. The van der Waals surface area contributed by atoms with Gasteiger partial charge in [0.15, 0.2) is 9.84 Å². The lowest BCUT2D eigenvalue weighted by molar-refractivity contribution is -0.387. The maximum absolute atomic E-state index is 12.9. The SMILES string of the molecule is CN(Cc1nccn1C(F)F)c1cccc(S(C)(=O)=O)c1[N+](=O)[O-]. The normalized spacial score (nSPS) is 11.7. The molecule has 8 nitrogen and oxygen atoms in total. The fraction of sp³-hybridized carbons (Fsp3) is 0.308. The van der Waals surface area contributed by atoms with Crippen LogP contribution in [-0.2, 0) is 16.4 Å². The summed E-state index contributed by atoms with van der Waals surface area (Å²) in [7, 11) is -2.40. The number of alkyl halides is 2. The highest BCUT2D eigenvalue weighted by atomic mass is 32.2. The number of hydrogen-bond acceptors (Lipinski definition) is 6. The summed E-state index contributed by atoms with van der Waals surface area (Å²) in [5.41, 5.74) is -0.607. The van der Waals surface area contributed by atoms with Gasteiger partial charge in [0, 0.05) is 25.7 Å². The van der Waals surface area contributed by atoms with Crippen LogP contribution in [0.1, 0.15) is 12.4 Å². The van der Waals surface area contributed by atoms with E-state index in [9.17, 15) is 27.3 Å². The van der Waals surface area contributed by atoms with E-state index in [0.29, 0.717) is 4.57 Å². The molecule has 0 unspecified atom stereocenters. The summed E-state index contributed by atoms with van der Waals surface area (Å²) in [6.07, 6.45) is 3.15. The van der Waals surface area contributed by atoms with E-state index in [4.69, 9.17) is 0 Å². The van der Waals surface area contributed by atoms with Crippen LogP contribution in [0.5, 0.6) is 0 Å². The molecule has 11 heteroatoms. The maximum Gasteiger partial charge on any atom is 0.319 e. The van der Waals surface area contributed by atoms with Gasteiger partial charge in [-0.1, -0.05) is 6.07 Å². The summed E-state index contributed by atoms with van der Waals surface area (Å²) in [4.78, 5) is 15.2. The van der Waals surface area contributed by atoms with Crippen molar-refractivity contribution < 1.29 is 22.1 Å². The first-order valence-corrected chi connectivity index (χ1v) is 8.50. The zero-order valence-electron chi connectivity index (χ0n) is 12.8. The number of nitro groups is 1. The Morgan fingerprint density at radius 1 is 1.42 bits per heavy atom. The van der Waals surface area contributed by atoms with Crippen molar-refractivity contribution in [1.82, 2.24) is 9.55 Å².